The number of aromatic nitrogens is 3. The lowest BCUT2D eigenvalue weighted by Crippen LogP contribution is -2.29. The number of anilines is 1. The minimum atomic E-state index is -0.616. The molecule has 2 amide bonds. The molecule has 0 saturated carbocycles. The van der Waals surface area contributed by atoms with Crippen molar-refractivity contribution in [1.29, 1.82) is 0 Å². The average molecular weight is 487 g/mol. The van der Waals surface area contributed by atoms with Crippen LogP contribution in [0.1, 0.15) is 41.6 Å². The van der Waals surface area contributed by atoms with Crippen molar-refractivity contribution < 1.29 is 18.9 Å². The zero-order valence-corrected chi connectivity index (χ0v) is 19.6. The maximum Gasteiger partial charge on any atom is 0.269 e. The number of nitro groups is 1. The third kappa shape index (κ3) is 5.76. The standard InChI is InChI=1S/C22H23FN6O4S/c1-4-28-20(14(3)24-21(31)16-7-5-6-8-17(16)23)26-27-22(28)34-12-19(30)25-18-10-9-15(29(32)33)11-13(18)2/h5-11,14H,4,12H2,1-3H3,(H,24,31)(H,25,30). The first kappa shape index (κ1) is 24.8. The maximum atomic E-state index is 13.9. The normalized spacial score (nSPS) is 11.6. The Hall–Kier alpha value is -3.80. The van der Waals surface area contributed by atoms with Gasteiger partial charge < -0.3 is 15.2 Å². The number of amides is 2. The molecule has 3 rings (SSSR count). The smallest absolute Gasteiger partial charge is 0.269 e. The number of hydrogen-bond acceptors (Lipinski definition) is 7. The van der Waals surface area contributed by atoms with E-state index in [0.29, 0.717) is 28.8 Å². The first-order chi connectivity index (χ1) is 16.2. The number of nitrogens with zero attached hydrogens (tertiary/aromatic N) is 4. The quantitative estimate of drug-likeness (QED) is 0.266. The summed E-state index contributed by atoms with van der Waals surface area (Å²) in [4.78, 5) is 35.2. The molecule has 0 aliphatic carbocycles. The van der Waals surface area contributed by atoms with Crippen LogP contribution in [-0.4, -0.2) is 37.3 Å². The van der Waals surface area contributed by atoms with Crippen molar-refractivity contribution in [3.63, 3.8) is 0 Å². The van der Waals surface area contributed by atoms with Gasteiger partial charge in [0.2, 0.25) is 5.91 Å². The fourth-order valence-electron chi connectivity index (χ4n) is 3.23. The van der Waals surface area contributed by atoms with E-state index in [1.165, 1.54) is 48.2 Å². The molecular weight excluding hydrogens is 463 g/mol. The highest BCUT2D eigenvalue weighted by atomic mass is 32.2. The van der Waals surface area contributed by atoms with Gasteiger partial charge in [-0.1, -0.05) is 23.9 Å². The largest absolute Gasteiger partial charge is 0.342 e. The summed E-state index contributed by atoms with van der Waals surface area (Å²) < 4.78 is 15.7. The number of carbonyl (C=O) groups excluding carboxylic acids is 2. The van der Waals surface area contributed by atoms with E-state index < -0.39 is 22.7 Å². The molecule has 2 aromatic carbocycles. The van der Waals surface area contributed by atoms with Crippen LogP contribution in [0.15, 0.2) is 47.6 Å². The van der Waals surface area contributed by atoms with Crippen molar-refractivity contribution in [3.05, 3.63) is 75.3 Å². The lowest BCUT2D eigenvalue weighted by Gasteiger charge is -2.15. The van der Waals surface area contributed by atoms with E-state index in [0.717, 1.165) is 0 Å². The van der Waals surface area contributed by atoms with Crippen LogP contribution in [0.25, 0.3) is 0 Å². The van der Waals surface area contributed by atoms with E-state index in [1.54, 1.807) is 24.5 Å². The Morgan fingerprint density at radius 3 is 2.62 bits per heavy atom. The van der Waals surface area contributed by atoms with Crippen LogP contribution in [-0.2, 0) is 11.3 Å². The minimum absolute atomic E-state index is 0.0323. The fourth-order valence-corrected chi connectivity index (χ4v) is 4.04. The summed E-state index contributed by atoms with van der Waals surface area (Å²) in [7, 11) is 0. The van der Waals surface area contributed by atoms with Gasteiger partial charge in [0.15, 0.2) is 11.0 Å². The summed E-state index contributed by atoms with van der Waals surface area (Å²) >= 11 is 1.17. The van der Waals surface area contributed by atoms with E-state index in [1.807, 2.05) is 6.92 Å². The average Bonchev–Trinajstić information content (AvgIpc) is 3.22. The second-order valence-corrected chi connectivity index (χ2v) is 8.30. The molecule has 0 aliphatic rings. The van der Waals surface area contributed by atoms with Gasteiger partial charge in [0.25, 0.3) is 11.6 Å². The van der Waals surface area contributed by atoms with Gasteiger partial charge in [0.05, 0.1) is 22.3 Å². The van der Waals surface area contributed by atoms with Crippen molar-refractivity contribution in [3.8, 4) is 0 Å². The molecule has 34 heavy (non-hydrogen) atoms. The highest BCUT2D eigenvalue weighted by Gasteiger charge is 2.21. The van der Waals surface area contributed by atoms with Gasteiger partial charge in [-0.25, -0.2) is 4.39 Å². The molecule has 0 saturated heterocycles. The van der Waals surface area contributed by atoms with E-state index in [-0.39, 0.29) is 22.9 Å². The summed E-state index contributed by atoms with van der Waals surface area (Å²) in [5.41, 5.74) is 0.943. The third-order valence-corrected chi connectivity index (χ3v) is 5.91. The third-order valence-electron chi connectivity index (χ3n) is 4.94. The second kappa shape index (κ2) is 10.9. The van der Waals surface area contributed by atoms with Gasteiger partial charge in [0, 0.05) is 24.4 Å². The summed E-state index contributed by atoms with van der Waals surface area (Å²) in [6.07, 6.45) is 0. The molecule has 1 aromatic heterocycles. The van der Waals surface area contributed by atoms with E-state index in [4.69, 9.17) is 0 Å². The van der Waals surface area contributed by atoms with Gasteiger partial charge in [-0.15, -0.1) is 10.2 Å². The summed E-state index contributed by atoms with van der Waals surface area (Å²) in [6, 6.07) is 9.35. The van der Waals surface area contributed by atoms with Gasteiger partial charge in [-0.3, -0.25) is 19.7 Å². The topological polar surface area (TPSA) is 132 Å². The Balaban J connectivity index is 1.64. The molecule has 12 heteroatoms. The van der Waals surface area contributed by atoms with Crippen LogP contribution in [0.2, 0.25) is 0 Å². The van der Waals surface area contributed by atoms with Crippen LogP contribution in [0.5, 0.6) is 0 Å². The van der Waals surface area contributed by atoms with Crippen LogP contribution < -0.4 is 10.6 Å². The van der Waals surface area contributed by atoms with E-state index in [2.05, 4.69) is 20.8 Å². The van der Waals surface area contributed by atoms with Crippen molar-refractivity contribution in [1.82, 2.24) is 20.1 Å². The zero-order valence-electron chi connectivity index (χ0n) is 18.7. The van der Waals surface area contributed by atoms with E-state index >= 15 is 0 Å². The highest BCUT2D eigenvalue weighted by Crippen LogP contribution is 2.24. The zero-order chi connectivity index (χ0) is 24.8. The maximum absolute atomic E-state index is 13.9. The Morgan fingerprint density at radius 2 is 1.97 bits per heavy atom. The molecule has 1 unspecified atom stereocenters. The molecule has 0 aliphatic heterocycles. The van der Waals surface area contributed by atoms with Crippen LogP contribution in [0, 0.1) is 22.9 Å². The first-order valence-electron chi connectivity index (χ1n) is 10.4. The minimum Gasteiger partial charge on any atom is -0.342 e. The lowest BCUT2D eigenvalue weighted by molar-refractivity contribution is -0.384. The Morgan fingerprint density at radius 1 is 1.24 bits per heavy atom. The molecule has 0 spiro atoms. The Labute approximate surface area is 199 Å². The van der Waals surface area contributed by atoms with Gasteiger partial charge in [0.1, 0.15) is 5.82 Å². The molecular formula is C22H23FN6O4S. The summed E-state index contributed by atoms with van der Waals surface area (Å²) in [5, 5.41) is 25.1. The predicted molar refractivity (Wildman–Crippen MR) is 125 cm³/mol. The SMILES string of the molecule is CCn1c(SCC(=O)Nc2ccc([N+](=O)[O-])cc2C)nnc1C(C)NC(=O)c1ccccc1F. The number of aryl methyl sites for hydroxylation is 1. The number of carbonyl (C=O) groups is 2. The molecule has 178 valence electrons. The molecule has 1 atom stereocenters. The fraction of sp³-hybridized carbons (Fsp3) is 0.273. The molecule has 1 heterocycles. The van der Waals surface area contributed by atoms with E-state index in [9.17, 15) is 24.1 Å². The molecule has 0 bridgehead atoms. The first-order valence-corrected chi connectivity index (χ1v) is 11.4. The molecule has 3 aromatic rings. The molecule has 10 nitrogen and oxygen atoms in total. The lowest BCUT2D eigenvalue weighted by atomic mass is 10.2. The van der Waals surface area contributed by atoms with Crippen molar-refractivity contribution in [2.45, 2.75) is 38.5 Å². The Kier molecular flexibility index (Phi) is 7.95. The molecule has 2 N–H and O–H groups in total. The predicted octanol–water partition coefficient (Wildman–Crippen LogP) is 3.88. The molecule has 0 fully saturated rings. The van der Waals surface area contributed by atoms with Crippen molar-refractivity contribution >= 4 is 35.0 Å². The summed E-state index contributed by atoms with van der Waals surface area (Å²) in [6.45, 7) is 5.76. The Bertz CT molecular complexity index is 1230. The van der Waals surface area contributed by atoms with Crippen LogP contribution in [0.3, 0.4) is 0 Å². The number of rotatable bonds is 9. The van der Waals surface area contributed by atoms with Crippen LogP contribution in [0.4, 0.5) is 15.8 Å². The second-order valence-electron chi connectivity index (χ2n) is 7.35. The number of nitro benzene ring substituents is 1. The number of nitrogens with one attached hydrogen (secondary N) is 2. The number of halogens is 1. The highest BCUT2D eigenvalue weighted by molar-refractivity contribution is 7.99. The molecule has 0 radical (unpaired) electrons. The number of hydrogen-bond donors (Lipinski definition) is 2. The van der Waals surface area contributed by atoms with Crippen LogP contribution >= 0.6 is 11.8 Å². The van der Waals surface area contributed by atoms with Gasteiger partial charge in [-0.05, 0) is 44.5 Å². The monoisotopic (exact) mass is 486 g/mol. The van der Waals surface area contributed by atoms with Gasteiger partial charge in [-0.2, -0.15) is 0 Å². The van der Waals surface area contributed by atoms with Gasteiger partial charge >= 0.3 is 0 Å². The van der Waals surface area contributed by atoms with Crippen molar-refractivity contribution in [2.75, 3.05) is 11.1 Å². The number of thioether (sulfide) groups is 1. The van der Waals surface area contributed by atoms with Crippen molar-refractivity contribution in [2.24, 2.45) is 0 Å². The number of non-ortho nitro benzene ring substituents is 1. The summed E-state index contributed by atoms with van der Waals surface area (Å²) in [5.74, 6) is -0.987. The number of benzene rings is 2.